The van der Waals surface area contributed by atoms with Gasteiger partial charge in [-0.3, -0.25) is 9.59 Å². The Hall–Kier alpha value is -4.26. The number of carbonyl (C=O) groups excluding carboxylic acids is 1. The van der Waals surface area contributed by atoms with Crippen LogP contribution in [0.4, 0.5) is 5.69 Å². The Morgan fingerprint density at radius 2 is 1.47 bits per heavy atom. The number of ether oxygens (including phenoxy) is 3. The molecule has 7 nitrogen and oxygen atoms in total. The summed E-state index contributed by atoms with van der Waals surface area (Å²) < 4.78 is 16.3. The van der Waals surface area contributed by atoms with Gasteiger partial charge in [0.1, 0.15) is 0 Å². The summed E-state index contributed by atoms with van der Waals surface area (Å²) in [6, 6.07) is 16.8. The van der Waals surface area contributed by atoms with Gasteiger partial charge >= 0.3 is 0 Å². The molecule has 0 saturated carbocycles. The molecule has 0 aliphatic rings. The highest BCUT2D eigenvalue weighted by molar-refractivity contribution is 6.07. The maximum absolute atomic E-state index is 14.0. The van der Waals surface area contributed by atoms with Gasteiger partial charge in [0.2, 0.25) is 5.75 Å². The van der Waals surface area contributed by atoms with Crippen LogP contribution in [0.3, 0.4) is 0 Å². The van der Waals surface area contributed by atoms with Crippen molar-refractivity contribution in [1.29, 1.82) is 0 Å². The highest BCUT2D eigenvalue weighted by Gasteiger charge is 2.24. The predicted molar refractivity (Wildman–Crippen MR) is 142 cm³/mol. The topological polar surface area (TPSA) is 80.9 Å². The number of aromatic amines is 1. The summed E-state index contributed by atoms with van der Waals surface area (Å²) >= 11 is 0. The number of amides is 1. The van der Waals surface area contributed by atoms with Crippen LogP contribution in [0, 0.1) is 20.8 Å². The van der Waals surface area contributed by atoms with Gasteiger partial charge in [0.05, 0.1) is 27.9 Å². The van der Waals surface area contributed by atoms with Gasteiger partial charge in [0.15, 0.2) is 11.5 Å². The molecule has 1 N–H and O–H groups in total. The summed E-state index contributed by atoms with van der Waals surface area (Å²) in [6.07, 6.45) is 0. The van der Waals surface area contributed by atoms with Crippen LogP contribution in [0.15, 0.2) is 59.4 Å². The van der Waals surface area contributed by atoms with Gasteiger partial charge in [-0.05, 0) is 67.6 Å². The summed E-state index contributed by atoms with van der Waals surface area (Å²) in [6.45, 7) is 6.01. The molecule has 0 spiro atoms. The monoisotopic (exact) mass is 486 g/mol. The van der Waals surface area contributed by atoms with Gasteiger partial charge < -0.3 is 24.1 Å². The van der Waals surface area contributed by atoms with Crippen molar-refractivity contribution < 1.29 is 19.0 Å². The Labute approximate surface area is 210 Å². The van der Waals surface area contributed by atoms with Gasteiger partial charge in [0.25, 0.3) is 11.5 Å². The molecule has 1 amide bonds. The second-order valence-electron chi connectivity index (χ2n) is 8.81. The first kappa shape index (κ1) is 24.9. The number of hydrogen-bond acceptors (Lipinski definition) is 5. The standard InChI is InChI=1S/C29H30N2O5/c1-17-8-10-24(19(3)11-17)31(16-22-13-20-9-7-18(2)12-23(20)30-28(22)32)29(33)21-14-25(34-4)27(36-6)26(15-21)35-5/h7-15H,16H2,1-6H3,(H,30,32). The summed E-state index contributed by atoms with van der Waals surface area (Å²) in [5, 5.41) is 0.899. The lowest BCUT2D eigenvalue weighted by molar-refractivity contribution is 0.0984. The number of fused-ring (bicyclic) bond motifs is 1. The SMILES string of the molecule is COc1cc(C(=O)N(Cc2cc3ccc(C)cc3[nH]c2=O)c2ccc(C)cc2C)cc(OC)c1OC. The molecule has 4 aromatic rings. The molecule has 186 valence electrons. The minimum Gasteiger partial charge on any atom is -0.493 e. The lowest BCUT2D eigenvalue weighted by Crippen LogP contribution is -2.33. The molecular weight excluding hydrogens is 456 g/mol. The number of carbonyl (C=O) groups is 1. The van der Waals surface area contributed by atoms with E-state index in [1.807, 2.05) is 63.2 Å². The molecule has 0 atom stereocenters. The molecule has 1 aromatic heterocycles. The number of rotatable bonds is 7. The van der Waals surface area contributed by atoms with E-state index >= 15 is 0 Å². The fourth-order valence-electron chi connectivity index (χ4n) is 4.38. The van der Waals surface area contributed by atoms with E-state index in [9.17, 15) is 9.59 Å². The Kier molecular flexibility index (Phi) is 7.01. The number of nitrogens with zero attached hydrogens (tertiary/aromatic N) is 1. The molecule has 0 saturated heterocycles. The lowest BCUT2D eigenvalue weighted by Gasteiger charge is -2.26. The zero-order chi connectivity index (χ0) is 26.0. The number of hydrogen-bond donors (Lipinski definition) is 1. The molecule has 0 unspecified atom stereocenters. The summed E-state index contributed by atoms with van der Waals surface area (Å²) in [5.41, 5.74) is 5.12. The number of aryl methyl sites for hydroxylation is 3. The normalized spacial score (nSPS) is 10.8. The Balaban J connectivity index is 1.85. The van der Waals surface area contributed by atoms with Crippen molar-refractivity contribution in [3.05, 3.63) is 92.8 Å². The average Bonchev–Trinajstić information content (AvgIpc) is 2.86. The predicted octanol–water partition coefficient (Wildman–Crippen LogP) is 5.33. The molecule has 1 heterocycles. The first-order chi connectivity index (χ1) is 17.2. The number of H-pyrrole nitrogens is 1. The van der Waals surface area contributed by atoms with Gasteiger partial charge in [-0.2, -0.15) is 0 Å². The molecule has 0 fully saturated rings. The van der Waals surface area contributed by atoms with Crippen molar-refractivity contribution >= 4 is 22.5 Å². The van der Waals surface area contributed by atoms with Crippen LogP contribution < -0.4 is 24.7 Å². The molecule has 0 radical (unpaired) electrons. The van der Waals surface area contributed by atoms with Crippen molar-refractivity contribution in [2.24, 2.45) is 0 Å². The van der Waals surface area contributed by atoms with E-state index in [2.05, 4.69) is 4.98 Å². The van der Waals surface area contributed by atoms with Crippen molar-refractivity contribution in [3.63, 3.8) is 0 Å². The van der Waals surface area contributed by atoms with Gasteiger partial charge in [0, 0.05) is 22.3 Å². The first-order valence-electron chi connectivity index (χ1n) is 11.6. The van der Waals surface area contributed by atoms with Crippen LogP contribution in [0.5, 0.6) is 17.2 Å². The van der Waals surface area contributed by atoms with E-state index in [0.29, 0.717) is 34.1 Å². The minimum atomic E-state index is -0.301. The highest BCUT2D eigenvalue weighted by Crippen LogP contribution is 2.39. The van der Waals surface area contributed by atoms with Crippen LogP contribution in [0.1, 0.15) is 32.6 Å². The largest absolute Gasteiger partial charge is 0.493 e. The molecule has 0 aliphatic carbocycles. The second kappa shape index (κ2) is 10.2. The Morgan fingerprint density at radius 3 is 2.08 bits per heavy atom. The molecule has 0 bridgehead atoms. The van der Waals surface area contributed by atoms with Crippen molar-refractivity contribution in [2.75, 3.05) is 26.2 Å². The van der Waals surface area contributed by atoms with Crippen molar-refractivity contribution in [3.8, 4) is 17.2 Å². The zero-order valence-corrected chi connectivity index (χ0v) is 21.4. The zero-order valence-electron chi connectivity index (χ0n) is 21.4. The van der Waals surface area contributed by atoms with E-state index < -0.39 is 0 Å². The third-order valence-corrected chi connectivity index (χ3v) is 6.21. The quantitative estimate of drug-likeness (QED) is 0.382. The number of nitrogens with one attached hydrogen (secondary N) is 1. The number of anilines is 1. The van der Waals surface area contributed by atoms with Crippen LogP contribution in [0.2, 0.25) is 0 Å². The number of aromatic nitrogens is 1. The highest BCUT2D eigenvalue weighted by atomic mass is 16.5. The van der Waals surface area contributed by atoms with Crippen molar-refractivity contribution in [1.82, 2.24) is 4.98 Å². The maximum atomic E-state index is 14.0. The van der Waals surface area contributed by atoms with Crippen molar-refractivity contribution in [2.45, 2.75) is 27.3 Å². The van der Waals surface area contributed by atoms with Crippen LogP contribution in [-0.4, -0.2) is 32.2 Å². The summed E-state index contributed by atoms with van der Waals surface area (Å²) in [5.74, 6) is 0.847. The maximum Gasteiger partial charge on any atom is 0.258 e. The lowest BCUT2D eigenvalue weighted by atomic mass is 10.1. The molecule has 3 aromatic carbocycles. The third kappa shape index (κ3) is 4.77. The smallest absolute Gasteiger partial charge is 0.258 e. The number of pyridine rings is 1. The van der Waals surface area contributed by atoms with E-state index in [1.165, 1.54) is 21.3 Å². The van der Waals surface area contributed by atoms with E-state index in [0.717, 1.165) is 27.6 Å². The Bertz CT molecular complexity index is 1480. The molecule has 7 heteroatoms. The number of benzene rings is 3. The molecule has 4 rings (SSSR count). The van der Waals surface area contributed by atoms with E-state index in [1.54, 1.807) is 17.0 Å². The first-order valence-corrected chi connectivity index (χ1v) is 11.6. The second-order valence-corrected chi connectivity index (χ2v) is 8.81. The van der Waals surface area contributed by atoms with E-state index in [4.69, 9.17) is 14.2 Å². The third-order valence-electron chi connectivity index (χ3n) is 6.21. The van der Waals surface area contributed by atoms with Crippen LogP contribution in [0.25, 0.3) is 10.9 Å². The van der Waals surface area contributed by atoms with Gasteiger partial charge in [-0.15, -0.1) is 0 Å². The van der Waals surface area contributed by atoms with Gasteiger partial charge in [-0.25, -0.2) is 0 Å². The summed E-state index contributed by atoms with van der Waals surface area (Å²) in [7, 11) is 4.52. The Morgan fingerprint density at radius 1 is 0.833 bits per heavy atom. The van der Waals surface area contributed by atoms with Crippen LogP contribution in [-0.2, 0) is 6.54 Å². The van der Waals surface area contributed by atoms with Crippen LogP contribution >= 0.6 is 0 Å². The molecular formula is C29H30N2O5. The molecule has 0 aliphatic heterocycles. The van der Waals surface area contributed by atoms with E-state index in [-0.39, 0.29) is 18.0 Å². The van der Waals surface area contributed by atoms with Gasteiger partial charge in [-0.1, -0.05) is 29.8 Å². The molecule has 36 heavy (non-hydrogen) atoms. The average molecular weight is 487 g/mol. The minimum absolute atomic E-state index is 0.0819. The fourth-order valence-corrected chi connectivity index (χ4v) is 4.38. The fraction of sp³-hybridized carbons (Fsp3) is 0.241. The number of methoxy groups -OCH3 is 3. The summed E-state index contributed by atoms with van der Waals surface area (Å²) in [4.78, 5) is 31.6.